The zero-order chi connectivity index (χ0) is 21.9. The van der Waals surface area contributed by atoms with E-state index in [0.29, 0.717) is 0 Å². The fourth-order valence-corrected chi connectivity index (χ4v) is 3.52. The molecule has 0 aliphatic carbocycles. The van der Waals surface area contributed by atoms with E-state index in [4.69, 9.17) is 0 Å². The largest absolute Gasteiger partial charge is 0.573 e. The van der Waals surface area contributed by atoms with Gasteiger partial charge < -0.3 is 14.7 Å². The van der Waals surface area contributed by atoms with Crippen LogP contribution >= 0.6 is 0 Å². The van der Waals surface area contributed by atoms with Gasteiger partial charge in [-0.25, -0.2) is 0 Å². The molecular weight excluding hydrogens is 379 g/mol. The fraction of sp³-hybridized carbons (Fsp3) is 0.391. The quantitative estimate of drug-likeness (QED) is 0.580. The molecular formula is C23H28F3NO2. The van der Waals surface area contributed by atoms with Gasteiger partial charge in [0.25, 0.3) is 0 Å². The molecule has 0 heterocycles. The summed E-state index contributed by atoms with van der Waals surface area (Å²) in [5.74, 6) is -0.255. The maximum atomic E-state index is 12.4. The van der Waals surface area contributed by atoms with Crippen LogP contribution in [0, 0.1) is 13.8 Å². The first kappa shape index (κ1) is 22.8. The molecule has 158 valence electrons. The number of hydrogen-bond donors (Lipinski definition) is 1. The average Bonchev–Trinajstić information content (AvgIpc) is 2.61. The van der Waals surface area contributed by atoms with Gasteiger partial charge in [0.1, 0.15) is 5.75 Å². The number of rotatable bonds is 6. The van der Waals surface area contributed by atoms with Crippen LogP contribution in [0.5, 0.6) is 5.75 Å². The van der Waals surface area contributed by atoms with Crippen LogP contribution in [0.1, 0.15) is 50.0 Å². The van der Waals surface area contributed by atoms with Gasteiger partial charge in [-0.3, -0.25) is 0 Å². The monoisotopic (exact) mass is 407 g/mol. The van der Waals surface area contributed by atoms with E-state index >= 15 is 0 Å². The highest BCUT2D eigenvalue weighted by Gasteiger charge is 2.31. The SMILES string of the molecule is CC/C(C)=C/N(C)c1c(C)c(-c2ccc(OC(F)(F)F)cc2)cc(C)c1C(C)O. The van der Waals surface area contributed by atoms with Crippen molar-refractivity contribution in [2.24, 2.45) is 0 Å². The van der Waals surface area contributed by atoms with Gasteiger partial charge in [-0.1, -0.05) is 30.7 Å². The van der Waals surface area contributed by atoms with E-state index < -0.39 is 12.5 Å². The number of hydrogen-bond acceptors (Lipinski definition) is 3. The molecule has 29 heavy (non-hydrogen) atoms. The number of ether oxygens (including phenoxy) is 1. The number of allylic oxidation sites excluding steroid dienone is 1. The third kappa shape index (κ3) is 5.54. The number of nitrogens with zero attached hydrogens (tertiary/aromatic N) is 1. The standard InChI is InChI=1S/C23H28F3NO2/c1-7-14(2)13-27(6)22-16(4)20(12-15(3)21(22)17(5)28)18-8-10-19(11-9-18)29-23(24,25)26/h8-13,17,28H,7H2,1-6H3/b14-13+. The van der Waals surface area contributed by atoms with Crippen LogP contribution in [0.3, 0.4) is 0 Å². The molecule has 2 rings (SSSR count). The summed E-state index contributed by atoms with van der Waals surface area (Å²) in [6.07, 6.45) is -2.42. The lowest BCUT2D eigenvalue weighted by Gasteiger charge is -2.27. The molecule has 0 amide bonds. The van der Waals surface area contributed by atoms with E-state index in [9.17, 15) is 18.3 Å². The summed E-state index contributed by atoms with van der Waals surface area (Å²) in [6, 6.07) is 7.81. The lowest BCUT2D eigenvalue weighted by Crippen LogP contribution is -2.17. The van der Waals surface area contributed by atoms with Gasteiger partial charge in [0.05, 0.1) is 11.8 Å². The van der Waals surface area contributed by atoms with Gasteiger partial charge in [0, 0.05) is 18.8 Å². The van der Waals surface area contributed by atoms with Crippen molar-refractivity contribution in [3.8, 4) is 16.9 Å². The Bertz CT molecular complexity index is 884. The number of anilines is 1. The van der Waals surface area contributed by atoms with Crippen LogP contribution in [0.2, 0.25) is 0 Å². The van der Waals surface area contributed by atoms with Crippen molar-refractivity contribution < 1.29 is 23.0 Å². The molecule has 2 aromatic rings. The Hall–Kier alpha value is -2.47. The Morgan fingerprint density at radius 1 is 1.21 bits per heavy atom. The average molecular weight is 407 g/mol. The van der Waals surface area contributed by atoms with Gasteiger partial charge in [0.2, 0.25) is 0 Å². The van der Waals surface area contributed by atoms with Crippen molar-refractivity contribution in [2.75, 3.05) is 11.9 Å². The molecule has 0 aromatic heterocycles. The Balaban J connectivity index is 2.60. The van der Waals surface area contributed by atoms with Crippen molar-refractivity contribution in [3.63, 3.8) is 0 Å². The molecule has 1 atom stereocenters. The molecule has 1 N–H and O–H groups in total. The second-order valence-corrected chi connectivity index (χ2v) is 7.32. The summed E-state index contributed by atoms with van der Waals surface area (Å²) in [7, 11) is 1.94. The summed E-state index contributed by atoms with van der Waals surface area (Å²) >= 11 is 0. The van der Waals surface area contributed by atoms with Crippen LogP contribution in [-0.2, 0) is 0 Å². The molecule has 0 fully saturated rings. The number of halogens is 3. The molecule has 0 saturated heterocycles. The molecule has 1 unspecified atom stereocenters. The van der Waals surface area contributed by atoms with E-state index in [1.807, 2.05) is 45.0 Å². The normalized spacial score (nSPS) is 13.4. The minimum absolute atomic E-state index is 0.255. The Morgan fingerprint density at radius 2 is 1.79 bits per heavy atom. The molecule has 0 aliphatic rings. The van der Waals surface area contributed by atoms with Crippen molar-refractivity contribution in [3.05, 3.63) is 58.8 Å². The van der Waals surface area contributed by atoms with E-state index in [2.05, 4.69) is 11.7 Å². The van der Waals surface area contributed by atoms with E-state index in [1.54, 1.807) is 19.1 Å². The first-order valence-electron chi connectivity index (χ1n) is 9.53. The summed E-state index contributed by atoms with van der Waals surface area (Å²) in [4.78, 5) is 2.01. The second-order valence-electron chi connectivity index (χ2n) is 7.32. The smallest absolute Gasteiger partial charge is 0.406 e. The van der Waals surface area contributed by atoms with E-state index in [0.717, 1.165) is 39.9 Å². The highest BCUT2D eigenvalue weighted by Crippen LogP contribution is 2.39. The fourth-order valence-electron chi connectivity index (χ4n) is 3.52. The maximum Gasteiger partial charge on any atom is 0.573 e. The third-order valence-electron chi connectivity index (χ3n) is 4.94. The molecule has 0 aliphatic heterocycles. The Labute approximate surface area is 170 Å². The molecule has 0 bridgehead atoms. The van der Waals surface area contributed by atoms with Gasteiger partial charge in [0.15, 0.2) is 0 Å². The zero-order valence-electron chi connectivity index (χ0n) is 17.7. The highest BCUT2D eigenvalue weighted by atomic mass is 19.4. The van der Waals surface area contributed by atoms with E-state index in [-0.39, 0.29) is 5.75 Å². The number of benzene rings is 2. The predicted molar refractivity (Wildman–Crippen MR) is 111 cm³/mol. The highest BCUT2D eigenvalue weighted by molar-refractivity contribution is 5.79. The topological polar surface area (TPSA) is 32.7 Å². The summed E-state index contributed by atoms with van der Waals surface area (Å²) < 4.78 is 41.2. The van der Waals surface area contributed by atoms with Crippen molar-refractivity contribution in [1.82, 2.24) is 0 Å². The summed E-state index contributed by atoms with van der Waals surface area (Å²) in [5, 5.41) is 10.4. The molecule has 6 heteroatoms. The molecule has 0 radical (unpaired) electrons. The Morgan fingerprint density at radius 3 is 2.28 bits per heavy atom. The summed E-state index contributed by atoms with van der Waals surface area (Å²) in [6.45, 7) is 9.75. The first-order valence-corrected chi connectivity index (χ1v) is 9.53. The van der Waals surface area contributed by atoms with E-state index in [1.165, 1.54) is 17.7 Å². The minimum atomic E-state index is -4.72. The number of aliphatic hydroxyl groups is 1. The van der Waals surface area contributed by atoms with Gasteiger partial charge in [-0.2, -0.15) is 0 Å². The zero-order valence-corrected chi connectivity index (χ0v) is 17.7. The van der Waals surface area contributed by atoms with Crippen LogP contribution < -0.4 is 9.64 Å². The van der Waals surface area contributed by atoms with Crippen molar-refractivity contribution in [1.29, 1.82) is 0 Å². The molecule has 2 aromatic carbocycles. The van der Waals surface area contributed by atoms with Crippen LogP contribution in [0.4, 0.5) is 18.9 Å². The minimum Gasteiger partial charge on any atom is -0.406 e. The summed E-state index contributed by atoms with van der Waals surface area (Å²) in [5.41, 5.74) is 6.47. The van der Waals surface area contributed by atoms with Crippen molar-refractivity contribution >= 4 is 5.69 Å². The lowest BCUT2D eigenvalue weighted by atomic mass is 9.90. The number of alkyl halides is 3. The van der Waals surface area contributed by atoms with Gasteiger partial charge in [-0.15, -0.1) is 13.2 Å². The van der Waals surface area contributed by atoms with Crippen LogP contribution in [0.15, 0.2) is 42.1 Å². The van der Waals surface area contributed by atoms with Crippen LogP contribution in [0.25, 0.3) is 11.1 Å². The van der Waals surface area contributed by atoms with Crippen LogP contribution in [-0.4, -0.2) is 18.5 Å². The number of aryl methyl sites for hydroxylation is 1. The van der Waals surface area contributed by atoms with Gasteiger partial charge >= 0.3 is 6.36 Å². The van der Waals surface area contributed by atoms with Gasteiger partial charge in [-0.05, 0) is 68.5 Å². The van der Waals surface area contributed by atoms with Crippen molar-refractivity contribution in [2.45, 2.75) is 53.5 Å². The number of aliphatic hydroxyl groups excluding tert-OH is 1. The molecule has 0 saturated carbocycles. The third-order valence-corrected chi connectivity index (χ3v) is 4.94. The molecule has 3 nitrogen and oxygen atoms in total. The first-order chi connectivity index (χ1) is 13.4. The maximum absolute atomic E-state index is 12.4. The molecule has 0 spiro atoms. The lowest BCUT2D eigenvalue weighted by molar-refractivity contribution is -0.274. The Kier molecular flexibility index (Phi) is 7.01. The second kappa shape index (κ2) is 8.91. The predicted octanol–water partition coefficient (Wildman–Crippen LogP) is 6.67.